The van der Waals surface area contributed by atoms with Crippen molar-refractivity contribution in [1.29, 1.82) is 0 Å². The van der Waals surface area contributed by atoms with Gasteiger partial charge in [0.25, 0.3) is 0 Å². The number of allylic oxidation sites excluding steroid dienone is 8. The van der Waals surface area contributed by atoms with Crippen molar-refractivity contribution in [2.24, 2.45) is 5.92 Å². The molecule has 0 saturated heterocycles. The molecule has 3 aromatic rings. The monoisotopic (exact) mass is 714 g/mol. The van der Waals surface area contributed by atoms with Gasteiger partial charge in [-0.25, -0.2) is 0 Å². The zero-order chi connectivity index (χ0) is 31.0. The van der Waals surface area contributed by atoms with Gasteiger partial charge in [0.1, 0.15) is 0 Å². The summed E-state index contributed by atoms with van der Waals surface area (Å²) in [6.45, 7) is 23.7. The van der Waals surface area contributed by atoms with Crippen molar-refractivity contribution < 1.29 is 18.3 Å². The Labute approximate surface area is 285 Å². The van der Waals surface area contributed by atoms with Crippen LogP contribution in [0.5, 0.6) is 0 Å². The van der Waals surface area contributed by atoms with Crippen LogP contribution in [0.3, 0.4) is 0 Å². The van der Waals surface area contributed by atoms with Crippen molar-refractivity contribution in [3.63, 3.8) is 0 Å². The van der Waals surface area contributed by atoms with Gasteiger partial charge < -0.3 is 0 Å². The van der Waals surface area contributed by atoms with E-state index in [1.165, 1.54) is 75.6 Å². The van der Waals surface area contributed by atoms with Crippen LogP contribution in [0.4, 0.5) is 0 Å². The molecule has 1 unspecified atom stereocenters. The van der Waals surface area contributed by atoms with E-state index in [0.29, 0.717) is 5.92 Å². The summed E-state index contributed by atoms with van der Waals surface area (Å²) in [6, 6.07) is 19.7. The van der Waals surface area contributed by atoms with Gasteiger partial charge in [0.2, 0.25) is 0 Å². The van der Waals surface area contributed by atoms with Gasteiger partial charge in [0, 0.05) is 0 Å². The first-order valence-electron chi connectivity index (χ1n) is 16.3. The number of hydrogen-bond donors (Lipinski definition) is 0. The van der Waals surface area contributed by atoms with Crippen LogP contribution < -0.4 is 3.27 Å². The Bertz CT molecular complexity index is 2010. The molecule has 1 atom stereocenters. The van der Waals surface area contributed by atoms with Gasteiger partial charge in [0.05, 0.1) is 0 Å². The normalized spacial score (nSPS) is 20.6. The van der Waals surface area contributed by atoms with Crippen molar-refractivity contribution in [3.8, 4) is 11.1 Å². The van der Waals surface area contributed by atoms with Crippen molar-refractivity contribution in [2.45, 2.75) is 91.1 Å². The Morgan fingerprint density at radius 1 is 0.711 bits per heavy atom. The first-order chi connectivity index (χ1) is 20.0. The summed E-state index contributed by atoms with van der Waals surface area (Å²) in [5, 5.41) is 0. The van der Waals surface area contributed by atoms with Crippen LogP contribution in [0.15, 0.2) is 78.4 Å². The molecular weight excluding hydrogens is 667 g/mol. The number of halogens is 2. The molecule has 3 heteroatoms. The molecule has 4 aliphatic rings. The Morgan fingerprint density at radius 3 is 1.82 bits per heavy atom. The SMILES string of the molecule is Cl.Cl.[CH2]=[Zr]([CH3])([C]1=C(C)C(C)=CC1C)([C]1=C(C)c2cc3c(cc2C1(C)C)Cc1cc2c(cc1-3)C(C)=CC2(C)C)[c]1ccc(C)cc1. The molecule has 0 fully saturated rings. The summed E-state index contributed by atoms with van der Waals surface area (Å²) in [7, 11) is 0. The van der Waals surface area contributed by atoms with Crippen LogP contribution in [0, 0.1) is 12.8 Å². The minimum atomic E-state index is -4.33. The Balaban J connectivity index is 0.00000200. The molecule has 0 N–H and O–H groups in total. The van der Waals surface area contributed by atoms with Gasteiger partial charge in [0.15, 0.2) is 0 Å². The van der Waals surface area contributed by atoms with E-state index < -0.39 is 18.3 Å². The van der Waals surface area contributed by atoms with Crippen LogP contribution in [0.25, 0.3) is 22.3 Å². The van der Waals surface area contributed by atoms with Crippen LogP contribution in [-0.2, 0) is 35.5 Å². The van der Waals surface area contributed by atoms with Crippen molar-refractivity contribution >= 4 is 43.4 Å². The van der Waals surface area contributed by atoms with Crippen LogP contribution in [-0.4, -0.2) is 4.21 Å². The molecule has 45 heavy (non-hydrogen) atoms. The fourth-order valence-corrected chi connectivity index (χ4v) is 28.8. The molecule has 3 aromatic carbocycles. The zero-order valence-corrected chi connectivity index (χ0v) is 33.2. The Hall–Kier alpha value is -2.05. The molecule has 0 aliphatic heterocycles. The van der Waals surface area contributed by atoms with Crippen LogP contribution in [0.2, 0.25) is 4.63 Å². The topological polar surface area (TPSA) is 0 Å². The van der Waals surface area contributed by atoms with Gasteiger partial charge in [-0.1, -0.05) is 0 Å². The van der Waals surface area contributed by atoms with E-state index in [4.69, 9.17) is 4.21 Å². The molecule has 0 radical (unpaired) electrons. The Morgan fingerprint density at radius 2 is 1.27 bits per heavy atom. The van der Waals surface area contributed by atoms with E-state index in [1.807, 2.05) is 0 Å². The maximum atomic E-state index is 5.56. The third-order valence-corrected chi connectivity index (χ3v) is 28.2. The molecule has 4 aliphatic carbocycles. The molecule has 0 aromatic heterocycles. The van der Waals surface area contributed by atoms with E-state index in [0.717, 1.165) is 6.42 Å². The molecule has 0 saturated carbocycles. The minimum absolute atomic E-state index is 0. The first kappa shape index (κ1) is 34.3. The van der Waals surface area contributed by atoms with Crippen molar-refractivity contribution in [3.05, 3.63) is 117 Å². The zero-order valence-electron chi connectivity index (χ0n) is 29.1. The number of rotatable bonds is 3. The molecule has 0 nitrogen and oxygen atoms in total. The fourth-order valence-electron chi connectivity index (χ4n) is 10.5. The van der Waals surface area contributed by atoms with E-state index in [2.05, 4.69) is 135 Å². The molecule has 0 bridgehead atoms. The summed E-state index contributed by atoms with van der Waals surface area (Å²) in [4.78, 5) is 0. The quantitative estimate of drug-likeness (QED) is 0.198. The molecule has 0 amide bonds. The maximum absolute atomic E-state index is 5.56. The predicted molar refractivity (Wildman–Crippen MR) is 201 cm³/mol. The summed E-state index contributed by atoms with van der Waals surface area (Å²) in [5.41, 5.74) is 18.9. The number of hydrogen-bond acceptors (Lipinski definition) is 0. The molecular formula is C42H50Cl2Zr. The van der Waals surface area contributed by atoms with Crippen LogP contribution in [0.1, 0.15) is 101 Å². The third kappa shape index (κ3) is 4.43. The van der Waals surface area contributed by atoms with Gasteiger partial charge >= 0.3 is 262 Å². The summed E-state index contributed by atoms with van der Waals surface area (Å²) in [5.74, 6) is 0.411. The average Bonchev–Trinajstić information content (AvgIpc) is 3.54. The predicted octanol–water partition coefficient (Wildman–Crippen LogP) is 11.5. The molecule has 7 rings (SSSR count). The molecule has 0 heterocycles. The van der Waals surface area contributed by atoms with Gasteiger partial charge in [-0.05, 0) is 0 Å². The first-order valence-corrected chi connectivity index (χ1v) is 24.1. The number of fused-ring (bicyclic) bond motifs is 5. The van der Waals surface area contributed by atoms with Crippen molar-refractivity contribution in [2.75, 3.05) is 0 Å². The standard InChI is InChI=1S/C25H25.C8H11.C7H7.CH3.CH2.2ClH.Zr/c1-14-12-24(3,4)22-8-16-7-17-9-23-19(15(2)13-25(23,5)6)11-21(17)20(16)10-18(14)22;1-6-4-7(2)8(3)5-6;1-7-5-3-2-4-6-7;;;;;/h8-12H,7H2,1-6H3;4,6H,1-3H3;3-6H,1H3;1H3;1H2;2*1H;. The second kappa shape index (κ2) is 10.5. The molecule has 0 spiro atoms. The van der Waals surface area contributed by atoms with E-state index >= 15 is 0 Å². The molecule has 236 valence electrons. The van der Waals surface area contributed by atoms with E-state index in [9.17, 15) is 0 Å². The second-order valence-electron chi connectivity index (χ2n) is 16.0. The number of benzene rings is 3. The van der Waals surface area contributed by atoms with Gasteiger partial charge in [-0.3, -0.25) is 0 Å². The van der Waals surface area contributed by atoms with E-state index in [1.54, 1.807) is 6.56 Å². The van der Waals surface area contributed by atoms with Crippen molar-refractivity contribution in [1.82, 2.24) is 0 Å². The summed E-state index contributed by atoms with van der Waals surface area (Å²) in [6.07, 6.45) is 5.97. The van der Waals surface area contributed by atoms with Gasteiger partial charge in [-0.15, -0.1) is 24.8 Å². The summed E-state index contributed by atoms with van der Waals surface area (Å²) >= 11 is -4.33. The van der Waals surface area contributed by atoms with Gasteiger partial charge in [-0.2, -0.15) is 0 Å². The Kier molecular flexibility index (Phi) is 7.98. The third-order valence-electron chi connectivity index (χ3n) is 12.1. The second-order valence-corrected chi connectivity index (χ2v) is 29.9. The fraction of sp³-hybridized carbons (Fsp3) is 0.357. The van der Waals surface area contributed by atoms with Crippen LogP contribution >= 0.6 is 24.8 Å². The number of aryl methyl sites for hydroxylation is 1. The average molecular weight is 717 g/mol. The van der Waals surface area contributed by atoms with E-state index in [-0.39, 0.29) is 35.6 Å². The summed E-state index contributed by atoms with van der Waals surface area (Å²) < 4.78 is 13.0.